The quantitative estimate of drug-likeness (QED) is 0.763. The number of aromatic amines is 1. The molecule has 26 heavy (non-hydrogen) atoms. The van der Waals surface area contributed by atoms with Gasteiger partial charge in [0.2, 0.25) is 0 Å². The molecule has 0 radical (unpaired) electrons. The summed E-state index contributed by atoms with van der Waals surface area (Å²) in [5, 5.41) is 7.82. The molecule has 0 unspecified atom stereocenters. The van der Waals surface area contributed by atoms with E-state index in [1.54, 1.807) is 23.2 Å². The summed E-state index contributed by atoms with van der Waals surface area (Å²) < 4.78 is 19.3. The standard InChI is InChI=1S/C20H20FN3O2/c21-16-6-1-4-14(10-16)12-24(13-17-7-3-9-26-17)20(25)18-8-2-5-15-11-22-23-19(15)18/h1-2,4-6,8,10-11,17H,3,7,9,12-13H2,(H,22,23)/t17-/m0/s1. The van der Waals surface area contributed by atoms with Crippen LogP contribution in [0, 0.1) is 5.82 Å². The van der Waals surface area contributed by atoms with E-state index in [0.29, 0.717) is 24.2 Å². The van der Waals surface area contributed by atoms with E-state index in [0.717, 1.165) is 30.4 Å². The van der Waals surface area contributed by atoms with Crippen molar-refractivity contribution in [2.45, 2.75) is 25.5 Å². The van der Waals surface area contributed by atoms with Gasteiger partial charge in [-0.15, -0.1) is 0 Å². The number of carbonyl (C=O) groups is 1. The molecule has 0 spiro atoms. The number of carbonyl (C=O) groups excluding carboxylic acids is 1. The Hall–Kier alpha value is -2.73. The van der Waals surface area contributed by atoms with Crippen molar-refractivity contribution in [3.05, 3.63) is 65.6 Å². The Balaban J connectivity index is 1.64. The van der Waals surface area contributed by atoms with Crippen LogP contribution >= 0.6 is 0 Å². The maximum absolute atomic E-state index is 13.6. The number of H-pyrrole nitrogens is 1. The van der Waals surface area contributed by atoms with Gasteiger partial charge in [-0.05, 0) is 36.6 Å². The maximum atomic E-state index is 13.6. The van der Waals surface area contributed by atoms with Crippen LogP contribution in [0.2, 0.25) is 0 Å². The van der Waals surface area contributed by atoms with E-state index in [1.165, 1.54) is 12.1 Å². The molecule has 1 atom stereocenters. The van der Waals surface area contributed by atoms with Gasteiger partial charge in [0.15, 0.2) is 0 Å². The van der Waals surface area contributed by atoms with Crippen molar-refractivity contribution < 1.29 is 13.9 Å². The van der Waals surface area contributed by atoms with Crippen molar-refractivity contribution in [3.8, 4) is 0 Å². The van der Waals surface area contributed by atoms with Gasteiger partial charge in [0.05, 0.1) is 23.4 Å². The number of halogens is 1. The van der Waals surface area contributed by atoms with Gasteiger partial charge < -0.3 is 9.64 Å². The molecule has 1 aliphatic heterocycles. The predicted octanol–water partition coefficient (Wildman–Crippen LogP) is 3.52. The van der Waals surface area contributed by atoms with Gasteiger partial charge in [-0.3, -0.25) is 9.89 Å². The second-order valence-electron chi connectivity index (χ2n) is 6.59. The summed E-state index contributed by atoms with van der Waals surface area (Å²) >= 11 is 0. The smallest absolute Gasteiger partial charge is 0.256 e. The van der Waals surface area contributed by atoms with Crippen LogP contribution in [0.5, 0.6) is 0 Å². The SMILES string of the molecule is O=C(c1cccc2cn[nH]c12)N(Cc1cccc(F)c1)C[C@@H]1CCCO1. The monoisotopic (exact) mass is 353 g/mol. The molecule has 0 saturated carbocycles. The zero-order chi connectivity index (χ0) is 17.9. The van der Waals surface area contributed by atoms with Crippen molar-refractivity contribution in [3.63, 3.8) is 0 Å². The predicted molar refractivity (Wildman–Crippen MR) is 96.2 cm³/mol. The number of ether oxygens (including phenoxy) is 1. The zero-order valence-corrected chi connectivity index (χ0v) is 14.3. The van der Waals surface area contributed by atoms with Gasteiger partial charge in [0.25, 0.3) is 5.91 Å². The largest absolute Gasteiger partial charge is 0.376 e. The fraction of sp³-hybridized carbons (Fsp3) is 0.300. The zero-order valence-electron chi connectivity index (χ0n) is 14.3. The number of hydrogen-bond acceptors (Lipinski definition) is 3. The third kappa shape index (κ3) is 3.46. The minimum absolute atomic E-state index is 0.0217. The van der Waals surface area contributed by atoms with Crippen LogP contribution in [0.25, 0.3) is 10.9 Å². The average molecular weight is 353 g/mol. The summed E-state index contributed by atoms with van der Waals surface area (Å²) in [7, 11) is 0. The Morgan fingerprint density at radius 2 is 2.19 bits per heavy atom. The third-order valence-electron chi connectivity index (χ3n) is 4.70. The highest BCUT2D eigenvalue weighted by atomic mass is 19.1. The first kappa shape index (κ1) is 16.7. The molecule has 1 fully saturated rings. The van der Waals surface area contributed by atoms with Crippen molar-refractivity contribution >= 4 is 16.8 Å². The van der Waals surface area contributed by atoms with Gasteiger partial charge in [0.1, 0.15) is 5.82 Å². The highest BCUT2D eigenvalue weighted by Gasteiger charge is 2.25. The minimum Gasteiger partial charge on any atom is -0.376 e. The molecule has 1 aliphatic rings. The van der Waals surface area contributed by atoms with Gasteiger partial charge in [-0.25, -0.2) is 4.39 Å². The first-order valence-electron chi connectivity index (χ1n) is 8.78. The lowest BCUT2D eigenvalue weighted by Gasteiger charge is -2.26. The van der Waals surface area contributed by atoms with E-state index in [1.807, 2.05) is 18.2 Å². The van der Waals surface area contributed by atoms with Crippen LogP contribution in [0.4, 0.5) is 4.39 Å². The fourth-order valence-corrected chi connectivity index (χ4v) is 3.43. The first-order chi connectivity index (χ1) is 12.7. The number of benzene rings is 2. The first-order valence-corrected chi connectivity index (χ1v) is 8.78. The molecule has 3 aromatic rings. The summed E-state index contributed by atoms with van der Waals surface area (Å²) in [6, 6.07) is 11.9. The minimum atomic E-state index is -0.303. The van der Waals surface area contributed by atoms with E-state index in [9.17, 15) is 9.18 Å². The maximum Gasteiger partial charge on any atom is 0.256 e. The molecule has 4 rings (SSSR count). The lowest BCUT2D eigenvalue weighted by atomic mass is 10.1. The Morgan fingerprint density at radius 3 is 3.00 bits per heavy atom. The van der Waals surface area contributed by atoms with Crippen molar-refractivity contribution in [2.24, 2.45) is 0 Å². The van der Waals surface area contributed by atoms with Crippen LogP contribution < -0.4 is 0 Å². The molecular formula is C20H20FN3O2. The molecule has 1 N–H and O–H groups in total. The van der Waals surface area contributed by atoms with Crippen LogP contribution in [-0.2, 0) is 11.3 Å². The number of rotatable bonds is 5. The lowest BCUT2D eigenvalue weighted by molar-refractivity contribution is 0.0508. The molecule has 5 nitrogen and oxygen atoms in total. The van der Waals surface area contributed by atoms with Gasteiger partial charge >= 0.3 is 0 Å². The molecule has 0 aliphatic carbocycles. The van der Waals surface area contributed by atoms with Crippen molar-refractivity contribution in [1.82, 2.24) is 15.1 Å². The van der Waals surface area contributed by atoms with Crippen molar-refractivity contribution in [1.29, 1.82) is 0 Å². The average Bonchev–Trinajstić information content (AvgIpc) is 3.31. The number of aromatic nitrogens is 2. The summed E-state index contributed by atoms with van der Waals surface area (Å²) in [6.07, 6.45) is 3.65. The number of para-hydroxylation sites is 1. The Labute approximate surface area is 150 Å². The van der Waals surface area contributed by atoms with E-state index in [4.69, 9.17) is 4.74 Å². The summed E-state index contributed by atoms with van der Waals surface area (Å²) in [5.74, 6) is -0.415. The Morgan fingerprint density at radius 1 is 1.31 bits per heavy atom. The Bertz CT molecular complexity index is 918. The van der Waals surface area contributed by atoms with Gasteiger partial charge in [0, 0.05) is 25.1 Å². The van der Waals surface area contributed by atoms with Gasteiger partial charge in [-0.1, -0.05) is 24.3 Å². The molecule has 2 heterocycles. The number of fused-ring (bicyclic) bond motifs is 1. The topological polar surface area (TPSA) is 58.2 Å². The van der Waals surface area contributed by atoms with Crippen molar-refractivity contribution in [2.75, 3.05) is 13.2 Å². The number of nitrogens with one attached hydrogen (secondary N) is 1. The number of hydrogen-bond donors (Lipinski definition) is 1. The number of amides is 1. The molecule has 2 aromatic carbocycles. The lowest BCUT2D eigenvalue weighted by Crippen LogP contribution is -2.37. The summed E-state index contributed by atoms with van der Waals surface area (Å²) in [6.45, 7) is 1.55. The molecule has 6 heteroatoms. The van der Waals surface area contributed by atoms with E-state index < -0.39 is 0 Å². The molecule has 1 aromatic heterocycles. The van der Waals surface area contributed by atoms with E-state index in [2.05, 4.69) is 10.2 Å². The normalized spacial score (nSPS) is 16.9. The fourth-order valence-electron chi connectivity index (χ4n) is 3.43. The summed E-state index contributed by atoms with van der Waals surface area (Å²) in [4.78, 5) is 15.0. The second kappa shape index (κ2) is 7.25. The molecule has 0 bridgehead atoms. The molecular weight excluding hydrogens is 333 g/mol. The van der Waals surface area contributed by atoms with Crippen LogP contribution in [0.15, 0.2) is 48.7 Å². The van der Waals surface area contributed by atoms with E-state index in [-0.39, 0.29) is 17.8 Å². The molecule has 134 valence electrons. The Kier molecular flexibility index (Phi) is 4.67. The van der Waals surface area contributed by atoms with E-state index >= 15 is 0 Å². The van der Waals surface area contributed by atoms with Crippen LogP contribution in [-0.4, -0.2) is 40.3 Å². The second-order valence-corrected chi connectivity index (χ2v) is 6.59. The highest BCUT2D eigenvalue weighted by molar-refractivity contribution is 6.05. The number of nitrogens with zero attached hydrogens (tertiary/aromatic N) is 2. The molecule has 1 saturated heterocycles. The van der Waals surface area contributed by atoms with Crippen LogP contribution in [0.1, 0.15) is 28.8 Å². The highest BCUT2D eigenvalue weighted by Crippen LogP contribution is 2.21. The summed E-state index contributed by atoms with van der Waals surface area (Å²) in [5.41, 5.74) is 2.04. The third-order valence-corrected chi connectivity index (χ3v) is 4.70. The molecule has 1 amide bonds. The van der Waals surface area contributed by atoms with Crippen LogP contribution in [0.3, 0.4) is 0 Å². The van der Waals surface area contributed by atoms with Gasteiger partial charge in [-0.2, -0.15) is 5.10 Å².